The summed E-state index contributed by atoms with van der Waals surface area (Å²) in [6, 6.07) is 1.04. The van der Waals surface area contributed by atoms with Crippen LogP contribution in [0.25, 0.3) is 0 Å². The Balaban J connectivity index is 2.24. The molecule has 0 aromatic carbocycles. The fraction of sp³-hybridized carbons (Fsp3) is 0.462. The Morgan fingerprint density at radius 2 is 2.24 bits per heavy atom. The molecule has 0 saturated heterocycles. The van der Waals surface area contributed by atoms with Crippen LogP contribution in [0.5, 0.6) is 0 Å². The van der Waals surface area contributed by atoms with E-state index in [-0.39, 0.29) is 11.4 Å². The van der Waals surface area contributed by atoms with E-state index < -0.39 is 16.1 Å². The number of hydrogen-bond acceptors (Lipinski definition) is 5. The number of oxazole rings is 1. The van der Waals surface area contributed by atoms with E-state index in [1.165, 1.54) is 0 Å². The number of aryl methyl sites for hydroxylation is 2. The standard InChI is InChI=1S/C13H20N4O3S/c1-4-17-8-12(5-11(17)6-14)21(18,19)16-10(3)13-15-7-9(2)20-13/h5,7-8,10,16H,4,6,14H2,1-3H3. The van der Waals surface area contributed by atoms with Crippen LogP contribution in [0, 0.1) is 6.92 Å². The topological polar surface area (TPSA) is 103 Å². The largest absolute Gasteiger partial charge is 0.444 e. The van der Waals surface area contributed by atoms with Crippen LogP contribution in [-0.2, 0) is 23.1 Å². The number of sulfonamides is 1. The van der Waals surface area contributed by atoms with Gasteiger partial charge in [-0.15, -0.1) is 0 Å². The summed E-state index contributed by atoms with van der Waals surface area (Å²) in [5.41, 5.74) is 6.39. The zero-order valence-corrected chi connectivity index (χ0v) is 13.1. The second-order valence-electron chi connectivity index (χ2n) is 4.81. The third kappa shape index (κ3) is 3.34. The lowest BCUT2D eigenvalue weighted by atomic mass is 10.4. The summed E-state index contributed by atoms with van der Waals surface area (Å²) >= 11 is 0. The SMILES string of the molecule is CCn1cc(S(=O)(=O)NC(C)c2ncc(C)o2)cc1CN. The molecule has 2 aromatic heterocycles. The molecule has 0 aliphatic heterocycles. The van der Waals surface area contributed by atoms with E-state index in [1.54, 1.807) is 32.3 Å². The van der Waals surface area contributed by atoms with Crippen molar-refractivity contribution < 1.29 is 12.8 Å². The van der Waals surface area contributed by atoms with Crippen LogP contribution in [0.15, 0.2) is 27.8 Å². The molecule has 1 unspecified atom stereocenters. The van der Waals surface area contributed by atoms with Gasteiger partial charge in [0.15, 0.2) is 0 Å². The maximum atomic E-state index is 12.4. The van der Waals surface area contributed by atoms with E-state index in [0.717, 1.165) is 5.69 Å². The first kappa shape index (κ1) is 15.7. The maximum Gasteiger partial charge on any atom is 0.242 e. The minimum atomic E-state index is -3.65. The molecule has 7 nitrogen and oxygen atoms in total. The molecule has 1 atom stereocenters. The molecule has 0 spiro atoms. The summed E-state index contributed by atoms with van der Waals surface area (Å²) in [6.07, 6.45) is 3.14. The zero-order chi connectivity index (χ0) is 15.6. The molecule has 3 N–H and O–H groups in total. The average Bonchev–Trinajstić information content (AvgIpc) is 3.03. The van der Waals surface area contributed by atoms with Crippen molar-refractivity contribution in [2.45, 2.75) is 44.8 Å². The van der Waals surface area contributed by atoms with Gasteiger partial charge in [-0.2, -0.15) is 4.72 Å². The maximum absolute atomic E-state index is 12.4. The molecule has 21 heavy (non-hydrogen) atoms. The molecule has 0 aliphatic rings. The van der Waals surface area contributed by atoms with Crippen molar-refractivity contribution in [2.24, 2.45) is 5.73 Å². The highest BCUT2D eigenvalue weighted by molar-refractivity contribution is 7.89. The first-order valence-electron chi connectivity index (χ1n) is 6.71. The van der Waals surface area contributed by atoms with Crippen molar-refractivity contribution in [3.8, 4) is 0 Å². The number of nitrogens with one attached hydrogen (secondary N) is 1. The second kappa shape index (κ2) is 6.00. The Morgan fingerprint density at radius 1 is 1.52 bits per heavy atom. The fourth-order valence-electron chi connectivity index (χ4n) is 2.06. The van der Waals surface area contributed by atoms with Gasteiger partial charge in [0.25, 0.3) is 0 Å². The molecular weight excluding hydrogens is 292 g/mol. The number of aromatic nitrogens is 2. The van der Waals surface area contributed by atoms with Crippen LogP contribution >= 0.6 is 0 Å². The van der Waals surface area contributed by atoms with Crippen molar-refractivity contribution in [2.75, 3.05) is 0 Å². The highest BCUT2D eigenvalue weighted by atomic mass is 32.2. The average molecular weight is 312 g/mol. The van der Waals surface area contributed by atoms with E-state index >= 15 is 0 Å². The molecular formula is C13H20N4O3S. The van der Waals surface area contributed by atoms with Crippen LogP contribution in [0.3, 0.4) is 0 Å². The van der Waals surface area contributed by atoms with E-state index in [4.69, 9.17) is 10.2 Å². The quantitative estimate of drug-likeness (QED) is 0.837. The molecule has 2 aromatic rings. The van der Waals surface area contributed by atoms with Crippen molar-refractivity contribution in [1.29, 1.82) is 0 Å². The lowest BCUT2D eigenvalue weighted by molar-refractivity contribution is 0.428. The smallest absolute Gasteiger partial charge is 0.242 e. The van der Waals surface area contributed by atoms with Crippen molar-refractivity contribution in [1.82, 2.24) is 14.3 Å². The third-order valence-corrected chi connectivity index (χ3v) is 4.67. The number of nitrogens with zero attached hydrogens (tertiary/aromatic N) is 2. The minimum Gasteiger partial charge on any atom is -0.444 e. The normalized spacial score (nSPS) is 13.5. The Morgan fingerprint density at radius 3 is 2.71 bits per heavy atom. The molecule has 0 radical (unpaired) electrons. The number of hydrogen-bond donors (Lipinski definition) is 2. The molecule has 8 heteroatoms. The Labute approximate surface area is 124 Å². The third-order valence-electron chi connectivity index (χ3n) is 3.16. The summed E-state index contributed by atoms with van der Waals surface area (Å²) in [5, 5.41) is 0. The summed E-state index contributed by atoms with van der Waals surface area (Å²) in [6.45, 7) is 6.33. The van der Waals surface area contributed by atoms with Gasteiger partial charge in [0.05, 0.1) is 17.1 Å². The summed E-state index contributed by atoms with van der Waals surface area (Å²) in [7, 11) is -3.65. The molecule has 2 rings (SSSR count). The Hall–Kier alpha value is -1.64. The fourth-order valence-corrected chi connectivity index (χ4v) is 3.32. The van der Waals surface area contributed by atoms with E-state index in [1.807, 2.05) is 11.5 Å². The molecule has 0 aliphatic carbocycles. The molecule has 116 valence electrons. The molecule has 0 fully saturated rings. The van der Waals surface area contributed by atoms with Gasteiger partial charge in [-0.25, -0.2) is 13.4 Å². The predicted molar refractivity (Wildman–Crippen MR) is 78.0 cm³/mol. The van der Waals surface area contributed by atoms with Crippen LogP contribution in [-0.4, -0.2) is 18.0 Å². The van der Waals surface area contributed by atoms with Gasteiger partial charge >= 0.3 is 0 Å². The minimum absolute atomic E-state index is 0.194. The van der Waals surface area contributed by atoms with Crippen molar-refractivity contribution >= 4 is 10.0 Å². The second-order valence-corrected chi connectivity index (χ2v) is 6.52. The monoisotopic (exact) mass is 312 g/mol. The van der Waals surface area contributed by atoms with Gasteiger partial charge < -0.3 is 14.7 Å². The van der Waals surface area contributed by atoms with Gasteiger partial charge in [0, 0.05) is 25.0 Å². The van der Waals surface area contributed by atoms with Crippen LogP contribution in [0.4, 0.5) is 0 Å². The van der Waals surface area contributed by atoms with E-state index in [2.05, 4.69) is 9.71 Å². The van der Waals surface area contributed by atoms with Gasteiger partial charge in [-0.3, -0.25) is 0 Å². The number of nitrogens with two attached hydrogens (primary N) is 1. The van der Waals surface area contributed by atoms with E-state index in [9.17, 15) is 8.42 Å². The summed E-state index contributed by atoms with van der Waals surface area (Å²) in [4.78, 5) is 4.22. The summed E-state index contributed by atoms with van der Waals surface area (Å²) < 4.78 is 34.5. The van der Waals surface area contributed by atoms with E-state index in [0.29, 0.717) is 18.2 Å². The predicted octanol–water partition coefficient (Wildman–Crippen LogP) is 1.30. The number of rotatable bonds is 6. The Bertz CT molecular complexity index is 696. The van der Waals surface area contributed by atoms with Crippen LogP contribution in [0.1, 0.15) is 37.2 Å². The lowest BCUT2D eigenvalue weighted by Gasteiger charge is -2.09. The van der Waals surface area contributed by atoms with Gasteiger partial charge in [0.1, 0.15) is 5.76 Å². The van der Waals surface area contributed by atoms with Gasteiger partial charge in [-0.1, -0.05) is 0 Å². The van der Waals surface area contributed by atoms with Crippen molar-refractivity contribution in [3.63, 3.8) is 0 Å². The van der Waals surface area contributed by atoms with Crippen molar-refractivity contribution in [3.05, 3.63) is 35.8 Å². The molecule has 0 bridgehead atoms. The lowest BCUT2D eigenvalue weighted by Crippen LogP contribution is -2.26. The highest BCUT2D eigenvalue weighted by Gasteiger charge is 2.23. The molecule has 0 saturated carbocycles. The van der Waals surface area contributed by atoms with Gasteiger partial charge in [0.2, 0.25) is 15.9 Å². The molecule has 2 heterocycles. The highest BCUT2D eigenvalue weighted by Crippen LogP contribution is 2.19. The molecule has 0 amide bonds. The Kier molecular flexibility index (Phi) is 4.50. The van der Waals surface area contributed by atoms with Gasteiger partial charge in [-0.05, 0) is 26.8 Å². The summed E-state index contributed by atoms with van der Waals surface area (Å²) in [5.74, 6) is 0.976. The first-order valence-corrected chi connectivity index (χ1v) is 8.19. The first-order chi connectivity index (χ1) is 9.87. The zero-order valence-electron chi connectivity index (χ0n) is 12.3. The van der Waals surface area contributed by atoms with Crippen LogP contribution < -0.4 is 10.5 Å². The van der Waals surface area contributed by atoms with Crippen LogP contribution in [0.2, 0.25) is 0 Å².